The molecule has 2 aromatic heterocycles. The van der Waals surface area contributed by atoms with Crippen molar-refractivity contribution in [2.75, 3.05) is 32.9 Å². The fraction of sp³-hybridized carbons (Fsp3) is 0.353. The molecule has 44 heavy (non-hydrogen) atoms. The Labute approximate surface area is 254 Å². The van der Waals surface area contributed by atoms with Crippen LogP contribution in [0.4, 0.5) is 8.78 Å². The minimum Gasteiger partial charge on any atom is -0.476 e. The Bertz CT molecular complexity index is 1680. The molecule has 228 valence electrons. The topological polar surface area (TPSA) is 90.9 Å². The number of morpholine rings is 1. The van der Waals surface area contributed by atoms with Crippen molar-refractivity contribution in [3.63, 3.8) is 0 Å². The van der Waals surface area contributed by atoms with Gasteiger partial charge in [-0.05, 0) is 61.2 Å². The maximum Gasteiger partial charge on any atom is 0.215 e. The zero-order chi connectivity index (χ0) is 30.7. The molecule has 0 amide bonds. The van der Waals surface area contributed by atoms with E-state index in [4.69, 9.17) is 14.2 Å². The van der Waals surface area contributed by atoms with Gasteiger partial charge in [-0.2, -0.15) is 0 Å². The maximum atomic E-state index is 15.2. The highest BCUT2D eigenvalue weighted by Gasteiger charge is 2.54. The van der Waals surface area contributed by atoms with Crippen molar-refractivity contribution in [1.29, 1.82) is 0 Å². The third-order valence-corrected chi connectivity index (χ3v) is 8.37. The van der Waals surface area contributed by atoms with Crippen molar-refractivity contribution >= 4 is 22.5 Å². The van der Waals surface area contributed by atoms with Crippen LogP contribution in [-0.2, 0) is 27.2 Å². The molecule has 8 nitrogen and oxygen atoms in total. The first-order chi connectivity index (χ1) is 21.3. The highest BCUT2D eigenvalue weighted by Crippen LogP contribution is 2.49. The summed E-state index contributed by atoms with van der Waals surface area (Å²) < 4.78 is 45.6. The van der Waals surface area contributed by atoms with Crippen molar-refractivity contribution in [2.45, 2.75) is 38.6 Å². The molecular weight excluding hydrogens is 568 g/mol. The minimum atomic E-state index is -1.05. The van der Waals surface area contributed by atoms with E-state index in [9.17, 15) is 14.0 Å². The maximum absolute atomic E-state index is 15.2. The van der Waals surface area contributed by atoms with Gasteiger partial charge in [0, 0.05) is 50.4 Å². The van der Waals surface area contributed by atoms with Gasteiger partial charge < -0.3 is 14.2 Å². The van der Waals surface area contributed by atoms with Gasteiger partial charge in [-0.3, -0.25) is 19.5 Å². The number of fused-ring (bicyclic) bond motifs is 1. The second-order valence-electron chi connectivity index (χ2n) is 11.4. The SMILES string of the molecule is C[C@H]1COCCN1CCOc1cc2nccc(Oc3ccc(CC(=O)C4(C(=O)Cc5ccc(F)cc5)CC4)cc3F)c2cn1. The summed E-state index contributed by atoms with van der Waals surface area (Å²) in [6, 6.07) is 13.7. The van der Waals surface area contributed by atoms with Crippen LogP contribution in [0.2, 0.25) is 0 Å². The van der Waals surface area contributed by atoms with Gasteiger partial charge in [-0.1, -0.05) is 18.2 Å². The summed E-state index contributed by atoms with van der Waals surface area (Å²) in [5.74, 6) is -0.634. The van der Waals surface area contributed by atoms with Crippen LogP contribution in [0.3, 0.4) is 0 Å². The van der Waals surface area contributed by atoms with Gasteiger partial charge in [-0.15, -0.1) is 0 Å². The lowest BCUT2D eigenvalue weighted by Crippen LogP contribution is -2.45. The Morgan fingerprint density at radius 3 is 2.45 bits per heavy atom. The van der Waals surface area contributed by atoms with Gasteiger partial charge >= 0.3 is 0 Å². The van der Waals surface area contributed by atoms with Crippen molar-refractivity contribution in [3.8, 4) is 17.4 Å². The van der Waals surface area contributed by atoms with Crippen molar-refractivity contribution in [2.24, 2.45) is 5.41 Å². The molecule has 0 spiro atoms. The molecule has 2 aromatic carbocycles. The lowest BCUT2D eigenvalue weighted by molar-refractivity contribution is -0.133. The summed E-state index contributed by atoms with van der Waals surface area (Å²) >= 11 is 0. The van der Waals surface area contributed by atoms with E-state index < -0.39 is 11.2 Å². The van der Waals surface area contributed by atoms with Crippen molar-refractivity contribution in [1.82, 2.24) is 14.9 Å². The lowest BCUT2D eigenvalue weighted by Gasteiger charge is -2.32. The number of carbonyl (C=O) groups excluding carboxylic acids is 2. The number of ketones is 2. The van der Waals surface area contributed by atoms with E-state index in [1.807, 2.05) is 0 Å². The number of aromatic nitrogens is 2. The predicted molar refractivity (Wildman–Crippen MR) is 159 cm³/mol. The monoisotopic (exact) mass is 601 g/mol. The van der Waals surface area contributed by atoms with Crippen LogP contribution in [0.1, 0.15) is 30.9 Å². The van der Waals surface area contributed by atoms with Gasteiger partial charge in [0.25, 0.3) is 0 Å². The van der Waals surface area contributed by atoms with Gasteiger partial charge in [0.1, 0.15) is 18.2 Å². The Hall–Kier alpha value is -4.28. The smallest absolute Gasteiger partial charge is 0.215 e. The quantitative estimate of drug-likeness (QED) is 0.197. The molecule has 4 aromatic rings. The number of hydrogen-bond donors (Lipinski definition) is 0. The first kappa shape index (κ1) is 29.8. The van der Waals surface area contributed by atoms with E-state index >= 15 is 4.39 Å². The highest BCUT2D eigenvalue weighted by atomic mass is 19.1. The third kappa shape index (κ3) is 6.61. The van der Waals surface area contributed by atoms with E-state index in [0.29, 0.717) is 72.4 Å². The average molecular weight is 602 g/mol. The van der Waals surface area contributed by atoms with E-state index in [-0.39, 0.29) is 36.0 Å². The number of nitrogens with zero attached hydrogens (tertiary/aromatic N) is 3. The number of benzene rings is 2. The minimum absolute atomic E-state index is 0.0119. The molecule has 1 saturated carbocycles. The van der Waals surface area contributed by atoms with Gasteiger partial charge in [-0.25, -0.2) is 13.8 Å². The fourth-order valence-corrected chi connectivity index (χ4v) is 5.53. The van der Waals surface area contributed by atoms with Crippen LogP contribution in [0.25, 0.3) is 10.9 Å². The molecule has 0 N–H and O–H groups in total. The molecule has 0 radical (unpaired) electrons. The second-order valence-corrected chi connectivity index (χ2v) is 11.4. The zero-order valence-electron chi connectivity index (χ0n) is 24.4. The van der Waals surface area contributed by atoms with Crippen LogP contribution in [-0.4, -0.2) is 65.4 Å². The number of ether oxygens (including phenoxy) is 3. The van der Waals surface area contributed by atoms with Gasteiger partial charge in [0.2, 0.25) is 5.88 Å². The normalized spacial score (nSPS) is 17.8. The van der Waals surface area contributed by atoms with Crippen LogP contribution >= 0.6 is 0 Å². The molecule has 1 atom stereocenters. The summed E-state index contributed by atoms with van der Waals surface area (Å²) in [6.07, 6.45) is 4.09. The second kappa shape index (κ2) is 12.8. The molecular formula is C34H33F2N3O5. The number of Topliss-reactive ketones (excluding diaryl/α,β-unsaturated/α-hetero) is 2. The molecule has 10 heteroatoms. The average Bonchev–Trinajstić information content (AvgIpc) is 3.83. The van der Waals surface area contributed by atoms with Gasteiger partial charge in [0.15, 0.2) is 23.1 Å². The van der Waals surface area contributed by atoms with E-state index in [1.165, 1.54) is 24.3 Å². The van der Waals surface area contributed by atoms with Crippen molar-refractivity contribution < 1.29 is 32.6 Å². The van der Waals surface area contributed by atoms with Crippen LogP contribution < -0.4 is 9.47 Å². The summed E-state index contributed by atoms with van der Waals surface area (Å²) in [7, 11) is 0. The Morgan fingerprint density at radius 1 is 0.977 bits per heavy atom. The standard InChI is InChI=1S/C34H33F2N3O5/c1-22-21-42-14-12-39(22)13-15-43-33-19-28-26(20-38-33)29(8-11-37-28)44-30-7-4-24(16-27(30)36)18-32(41)34(9-10-34)31(40)17-23-2-5-25(35)6-3-23/h2-8,11,16,19-20,22H,9-10,12-15,17-18,21H2,1H3/t22-/m0/s1. The van der Waals surface area contributed by atoms with Crippen LogP contribution in [0.15, 0.2) is 67.0 Å². The molecule has 0 bridgehead atoms. The van der Waals surface area contributed by atoms with Crippen LogP contribution in [0, 0.1) is 17.0 Å². The molecule has 1 aliphatic carbocycles. The molecule has 1 aliphatic heterocycles. The van der Waals surface area contributed by atoms with Crippen molar-refractivity contribution in [3.05, 3.63) is 89.8 Å². The Kier molecular flexibility index (Phi) is 8.63. The summed E-state index contributed by atoms with van der Waals surface area (Å²) in [5, 5.41) is 0.593. The largest absolute Gasteiger partial charge is 0.476 e. The molecule has 3 heterocycles. The summed E-state index contributed by atoms with van der Waals surface area (Å²) in [4.78, 5) is 37.2. The van der Waals surface area contributed by atoms with E-state index in [2.05, 4.69) is 21.8 Å². The fourth-order valence-electron chi connectivity index (χ4n) is 5.53. The predicted octanol–water partition coefficient (Wildman–Crippen LogP) is 5.50. The zero-order valence-corrected chi connectivity index (χ0v) is 24.4. The number of pyridine rings is 2. The lowest BCUT2D eigenvalue weighted by atomic mass is 9.88. The number of hydrogen-bond acceptors (Lipinski definition) is 8. The summed E-state index contributed by atoms with van der Waals surface area (Å²) in [6.45, 7) is 5.65. The third-order valence-electron chi connectivity index (χ3n) is 8.37. The number of halogens is 2. The summed E-state index contributed by atoms with van der Waals surface area (Å²) in [5.41, 5.74) is 0.654. The molecule has 1 saturated heterocycles. The highest BCUT2D eigenvalue weighted by molar-refractivity contribution is 6.10. The Morgan fingerprint density at radius 2 is 1.73 bits per heavy atom. The van der Waals surface area contributed by atoms with Gasteiger partial charge in [0.05, 0.1) is 29.5 Å². The van der Waals surface area contributed by atoms with E-state index in [1.54, 1.807) is 42.7 Å². The molecule has 6 rings (SSSR count). The van der Waals surface area contributed by atoms with E-state index in [0.717, 1.165) is 13.1 Å². The molecule has 0 unspecified atom stereocenters. The molecule has 2 aliphatic rings. The number of carbonyl (C=O) groups is 2. The Balaban J connectivity index is 1.08. The number of rotatable bonds is 12. The first-order valence-electron chi connectivity index (χ1n) is 14.8. The van der Waals surface area contributed by atoms with Crippen LogP contribution in [0.5, 0.6) is 17.4 Å². The molecule has 2 fully saturated rings. The first-order valence-corrected chi connectivity index (χ1v) is 14.8.